The molecule has 33 heavy (non-hydrogen) atoms. The number of hydrogen-bond acceptors (Lipinski definition) is 5. The molecule has 6 nitrogen and oxygen atoms in total. The number of benzene rings is 2. The Bertz CT molecular complexity index is 920. The zero-order chi connectivity index (χ0) is 23.6. The van der Waals surface area contributed by atoms with Crippen LogP contribution in [0.2, 0.25) is 0 Å². The Morgan fingerprint density at radius 1 is 1.03 bits per heavy atom. The van der Waals surface area contributed by atoms with Crippen LogP contribution in [0.5, 0.6) is 5.75 Å². The zero-order valence-corrected chi connectivity index (χ0v) is 20.1. The second kappa shape index (κ2) is 12.3. The van der Waals surface area contributed by atoms with Crippen LogP contribution in [-0.4, -0.2) is 38.7 Å². The first kappa shape index (κ1) is 24.6. The molecule has 1 saturated heterocycles. The maximum absolute atomic E-state index is 13.0. The van der Waals surface area contributed by atoms with E-state index in [-0.39, 0.29) is 24.3 Å². The van der Waals surface area contributed by atoms with Gasteiger partial charge in [0.15, 0.2) is 0 Å². The summed E-state index contributed by atoms with van der Waals surface area (Å²) in [6, 6.07) is 13.2. The van der Waals surface area contributed by atoms with Gasteiger partial charge in [0.1, 0.15) is 5.75 Å². The first-order chi connectivity index (χ1) is 16.0. The summed E-state index contributed by atoms with van der Waals surface area (Å²) in [5.74, 6) is 0.460. The van der Waals surface area contributed by atoms with E-state index in [1.54, 1.807) is 26.2 Å². The Morgan fingerprint density at radius 3 is 2.39 bits per heavy atom. The summed E-state index contributed by atoms with van der Waals surface area (Å²) in [5, 5.41) is 3.26. The zero-order valence-electron chi connectivity index (χ0n) is 20.1. The van der Waals surface area contributed by atoms with E-state index in [0.717, 1.165) is 48.5 Å². The van der Waals surface area contributed by atoms with Gasteiger partial charge in [0.2, 0.25) is 5.91 Å². The summed E-state index contributed by atoms with van der Waals surface area (Å²) < 4.78 is 10.5. The van der Waals surface area contributed by atoms with E-state index >= 15 is 0 Å². The van der Waals surface area contributed by atoms with Gasteiger partial charge in [-0.05, 0) is 61.9 Å². The molecule has 1 heterocycles. The predicted molar refractivity (Wildman–Crippen MR) is 131 cm³/mol. The van der Waals surface area contributed by atoms with Gasteiger partial charge < -0.3 is 19.7 Å². The highest BCUT2D eigenvalue weighted by Crippen LogP contribution is 2.34. The number of anilines is 1. The molecular weight excluding hydrogens is 416 g/mol. The Morgan fingerprint density at radius 2 is 1.76 bits per heavy atom. The normalized spacial score (nSPS) is 14.5. The lowest BCUT2D eigenvalue weighted by atomic mass is 9.97. The van der Waals surface area contributed by atoms with Gasteiger partial charge in [-0.3, -0.25) is 4.79 Å². The summed E-state index contributed by atoms with van der Waals surface area (Å²) in [6.07, 6.45) is 5.72. The molecule has 178 valence electrons. The summed E-state index contributed by atoms with van der Waals surface area (Å²) in [5.41, 5.74) is 3.66. The molecule has 2 aromatic rings. The number of carbonyl (C=O) groups is 2. The van der Waals surface area contributed by atoms with Crippen molar-refractivity contribution in [2.75, 3.05) is 31.7 Å². The van der Waals surface area contributed by atoms with Gasteiger partial charge >= 0.3 is 5.97 Å². The molecule has 1 unspecified atom stereocenters. The minimum atomic E-state index is -0.346. The van der Waals surface area contributed by atoms with Crippen LogP contribution in [0, 0.1) is 0 Å². The van der Waals surface area contributed by atoms with Crippen LogP contribution >= 0.6 is 0 Å². The van der Waals surface area contributed by atoms with Gasteiger partial charge in [0.05, 0.1) is 31.7 Å². The van der Waals surface area contributed by atoms with Crippen molar-refractivity contribution < 1.29 is 19.1 Å². The number of rotatable bonds is 10. The molecule has 0 radical (unpaired) electrons. The van der Waals surface area contributed by atoms with Crippen LogP contribution in [0.15, 0.2) is 42.5 Å². The second-order valence-electron chi connectivity index (χ2n) is 8.48. The Labute approximate surface area is 197 Å². The number of ether oxygens (including phenoxy) is 2. The summed E-state index contributed by atoms with van der Waals surface area (Å²) in [6.45, 7) is 6.31. The van der Waals surface area contributed by atoms with Crippen molar-refractivity contribution in [1.82, 2.24) is 5.32 Å². The van der Waals surface area contributed by atoms with Crippen LogP contribution in [0.25, 0.3) is 0 Å². The van der Waals surface area contributed by atoms with E-state index in [2.05, 4.69) is 29.3 Å². The third-order valence-electron chi connectivity index (χ3n) is 6.05. The van der Waals surface area contributed by atoms with E-state index in [4.69, 9.17) is 9.47 Å². The lowest BCUT2D eigenvalue weighted by molar-refractivity contribution is -0.121. The van der Waals surface area contributed by atoms with E-state index in [1.807, 2.05) is 18.2 Å². The van der Waals surface area contributed by atoms with E-state index in [0.29, 0.717) is 12.2 Å². The minimum absolute atomic E-state index is 0.0299. The summed E-state index contributed by atoms with van der Waals surface area (Å²) in [4.78, 5) is 27.2. The molecule has 1 aliphatic rings. The molecule has 1 fully saturated rings. The highest BCUT2D eigenvalue weighted by molar-refractivity contribution is 5.89. The van der Waals surface area contributed by atoms with Gasteiger partial charge in [0, 0.05) is 24.8 Å². The third-order valence-corrected chi connectivity index (χ3v) is 6.05. The molecule has 0 saturated carbocycles. The fourth-order valence-corrected chi connectivity index (χ4v) is 4.35. The van der Waals surface area contributed by atoms with Crippen molar-refractivity contribution >= 4 is 17.6 Å². The van der Waals surface area contributed by atoms with Crippen molar-refractivity contribution in [3.63, 3.8) is 0 Å². The van der Waals surface area contributed by atoms with Gasteiger partial charge in [-0.25, -0.2) is 4.79 Å². The molecule has 6 heteroatoms. The molecule has 1 atom stereocenters. The van der Waals surface area contributed by atoms with Crippen molar-refractivity contribution in [3.8, 4) is 5.75 Å². The minimum Gasteiger partial charge on any atom is -0.497 e. The number of methoxy groups -OCH3 is 1. The SMILES string of the molecule is CCCC(NC(=O)Cc1ccc(C(=O)OCC)cc1)c1ccc(OC)cc1N1CCCCC1. The fourth-order valence-electron chi connectivity index (χ4n) is 4.35. The molecule has 0 bridgehead atoms. The quantitative estimate of drug-likeness (QED) is 0.510. The Balaban J connectivity index is 1.75. The maximum atomic E-state index is 13.0. The third kappa shape index (κ3) is 6.73. The first-order valence-corrected chi connectivity index (χ1v) is 12.0. The Hall–Kier alpha value is -3.02. The fraction of sp³-hybridized carbons (Fsp3) is 0.481. The molecule has 2 aromatic carbocycles. The van der Waals surface area contributed by atoms with Crippen LogP contribution in [0.4, 0.5) is 5.69 Å². The van der Waals surface area contributed by atoms with Crippen molar-refractivity contribution in [1.29, 1.82) is 0 Å². The number of piperidine rings is 1. The van der Waals surface area contributed by atoms with Crippen LogP contribution in [0.3, 0.4) is 0 Å². The number of nitrogens with zero attached hydrogens (tertiary/aromatic N) is 1. The number of nitrogens with one attached hydrogen (secondary N) is 1. The lowest BCUT2D eigenvalue weighted by Gasteiger charge is -2.33. The predicted octanol–water partition coefficient (Wildman–Crippen LogP) is 5.06. The molecule has 0 spiro atoms. The van der Waals surface area contributed by atoms with E-state index < -0.39 is 0 Å². The molecule has 1 N–H and O–H groups in total. The average molecular weight is 453 g/mol. The average Bonchev–Trinajstić information content (AvgIpc) is 2.84. The van der Waals surface area contributed by atoms with Gasteiger partial charge in [-0.1, -0.05) is 31.5 Å². The smallest absolute Gasteiger partial charge is 0.338 e. The molecule has 0 aliphatic carbocycles. The molecule has 1 amide bonds. The summed E-state index contributed by atoms with van der Waals surface area (Å²) >= 11 is 0. The maximum Gasteiger partial charge on any atom is 0.338 e. The van der Waals surface area contributed by atoms with Crippen molar-refractivity contribution in [2.24, 2.45) is 0 Å². The van der Waals surface area contributed by atoms with Crippen molar-refractivity contribution in [2.45, 2.75) is 58.4 Å². The molecule has 0 aromatic heterocycles. The van der Waals surface area contributed by atoms with Gasteiger partial charge in [0.25, 0.3) is 0 Å². The monoisotopic (exact) mass is 452 g/mol. The number of amides is 1. The van der Waals surface area contributed by atoms with Crippen molar-refractivity contribution in [3.05, 3.63) is 59.2 Å². The molecule has 3 rings (SSSR count). The molecule has 1 aliphatic heterocycles. The summed E-state index contributed by atoms with van der Waals surface area (Å²) in [7, 11) is 1.69. The highest BCUT2D eigenvalue weighted by atomic mass is 16.5. The van der Waals surface area contributed by atoms with Crippen LogP contribution < -0.4 is 15.0 Å². The lowest BCUT2D eigenvalue weighted by Crippen LogP contribution is -2.34. The van der Waals surface area contributed by atoms with Crippen LogP contribution in [-0.2, 0) is 16.0 Å². The van der Waals surface area contributed by atoms with Crippen LogP contribution in [0.1, 0.15) is 73.5 Å². The second-order valence-corrected chi connectivity index (χ2v) is 8.48. The Kier molecular flexibility index (Phi) is 9.16. The van der Waals surface area contributed by atoms with E-state index in [9.17, 15) is 9.59 Å². The topological polar surface area (TPSA) is 67.9 Å². The largest absolute Gasteiger partial charge is 0.497 e. The van der Waals surface area contributed by atoms with Gasteiger partial charge in [-0.15, -0.1) is 0 Å². The number of carbonyl (C=O) groups excluding carboxylic acids is 2. The van der Waals surface area contributed by atoms with E-state index in [1.165, 1.54) is 19.3 Å². The van der Waals surface area contributed by atoms with Gasteiger partial charge in [-0.2, -0.15) is 0 Å². The molecular formula is C27H36N2O4. The first-order valence-electron chi connectivity index (χ1n) is 12.0. The standard InChI is InChI=1S/C27H36N2O4/c1-4-9-24(23-15-14-22(32-3)19-25(23)29-16-7-6-8-17-29)28-26(30)18-20-10-12-21(13-11-20)27(31)33-5-2/h10-15,19,24H,4-9,16-18H2,1-3H3,(H,28,30). The highest BCUT2D eigenvalue weighted by Gasteiger charge is 2.22. The number of hydrogen-bond donors (Lipinski definition) is 1. The number of esters is 1.